The first-order valence-corrected chi connectivity index (χ1v) is 10.8. The summed E-state index contributed by atoms with van der Waals surface area (Å²) in [5.74, 6) is -0.0237. The van der Waals surface area contributed by atoms with Crippen LogP contribution in [0.2, 0.25) is 0 Å². The SMILES string of the molecule is CC[C@H](C)NC(=O)C1CCN(S(=O)(=O)c2ccc3c(c2)CCC3)CC1. The van der Waals surface area contributed by atoms with Crippen molar-refractivity contribution in [1.82, 2.24) is 9.62 Å². The van der Waals surface area contributed by atoms with Gasteiger partial charge in [-0.15, -0.1) is 0 Å². The first-order valence-electron chi connectivity index (χ1n) is 9.34. The molecule has 0 saturated carbocycles. The summed E-state index contributed by atoms with van der Waals surface area (Å²) in [6, 6.07) is 5.71. The predicted octanol–water partition coefficient (Wildman–Crippen LogP) is 2.49. The van der Waals surface area contributed by atoms with Crippen LogP contribution in [0.15, 0.2) is 23.1 Å². The Morgan fingerprint density at radius 2 is 1.92 bits per heavy atom. The molecule has 1 aliphatic heterocycles. The molecule has 1 aromatic rings. The normalized spacial score (nSPS) is 20.2. The van der Waals surface area contributed by atoms with Gasteiger partial charge in [-0.2, -0.15) is 4.31 Å². The molecule has 1 amide bonds. The summed E-state index contributed by atoms with van der Waals surface area (Å²) in [5.41, 5.74) is 2.45. The maximum absolute atomic E-state index is 12.9. The molecule has 0 aromatic heterocycles. The van der Waals surface area contributed by atoms with Crippen molar-refractivity contribution < 1.29 is 13.2 Å². The van der Waals surface area contributed by atoms with Crippen molar-refractivity contribution in [3.8, 4) is 0 Å². The van der Waals surface area contributed by atoms with Gasteiger partial charge in [-0.25, -0.2) is 8.42 Å². The maximum atomic E-state index is 12.9. The van der Waals surface area contributed by atoms with Crippen LogP contribution >= 0.6 is 0 Å². The van der Waals surface area contributed by atoms with Crippen molar-refractivity contribution in [3.05, 3.63) is 29.3 Å². The number of sulfonamides is 1. The molecule has 138 valence electrons. The number of rotatable bonds is 5. The van der Waals surface area contributed by atoms with Crippen LogP contribution in [0.3, 0.4) is 0 Å². The molecule has 5 nitrogen and oxygen atoms in total. The van der Waals surface area contributed by atoms with E-state index in [1.54, 1.807) is 6.07 Å². The molecule has 1 saturated heterocycles. The van der Waals surface area contributed by atoms with Gasteiger partial charge in [0.15, 0.2) is 0 Å². The number of piperidine rings is 1. The van der Waals surface area contributed by atoms with E-state index >= 15 is 0 Å². The van der Waals surface area contributed by atoms with Gasteiger partial charge < -0.3 is 5.32 Å². The molecular formula is C19H28N2O3S. The minimum absolute atomic E-state index is 0.0592. The number of fused-ring (bicyclic) bond motifs is 1. The summed E-state index contributed by atoms with van der Waals surface area (Å²) >= 11 is 0. The Kier molecular flexibility index (Phi) is 5.49. The Labute approximate surface area is 150 Å². The molecular weight excluding hydrogens is 336 g/mol. The number of carbonyl (C=O) groups excluding carboxylic acids is 1. The summed E-state index contributed by atoms with van der Waals surface area (Å²) in [5, 5.41) is 3.01. The van der Waals surface area contributed by atoms with E-state index in [9.17, 15) is 13.2 Å². The van der Waals surface area contributed by atoms with Crippen LogP contribution in [0.5, 0.6) is 0 Å². The van der Waals surface area contributed by atoms with E-state index in [2.05, 4.69) is 5.32 Å². The Bertz CT molecular complexity index is 737. The first kappa shape index (κ1) is 18.4. The maximum Gasteiger partial charge on any atom is 0.243 e. The molecule has 1 heterocycles. The quantitative estimate of drug-likeness (QED) is 0.873. The standard InChI is InChI=1S/C19H28N2O3S/c1-3-14(2)20-19(22)16-9-11-21(12-10-16)25(23,24)18-8-7-15-5-4-6-17(15)13-18/h7-8,13-14,16H,3-6,9-12H2,1-2H3,(H,20,22)/t14-/m0/s1. The molecule has 1 aromatic carbocycles. The van der Waals surface area contributed by atoms with E-state index in [0.29, 0.717) is 30.8 Å². The van der Waals surface area contributed by atoms with Gasteiger partial charge in [0, 0.05) is 25.0 Å². The fourth-order valence-electron chi connectivity index (χ4n) is 3.68. The van der Waals surface area contributed by atoms with Gasteiger partial charge in [0.05, 0.1) is 4.90 Å². The molecule has 1 aliphatic carbocycles. The van der Waals surface area contributed by atoms with Crippen molar-refractivity contribution in [2.45, 2.75) is 63.3 Å². The molecule has 1 fully saturated rings. The molecule has 0 spiro atoms. The summed E-state index contributed by atoms with van der Waals surface area (Å²) in [6.45, 7) is 4.86. The Balaban J connectivity index is 1.65. The molecule has 6 heteroatoms. The Morgan fingerprint density at radius 1 is 1.24 bits per heavy atom. The van der Waals surface area contributed by atoms with E-state index in [4.69, 9.17) is 0 Å². The molecule has 0 radical (unpaired) electrons. The molecule has 0 unspecified atom stereocenters. The third-order valence-corrected chi connectivity index (χ3v) is 7.43. The lowest BCUT2D eigenvalue weighted by atomic mass is 9.97. The van der Waals surface area contributed by atoms with Crippen LogP contribution in [-0.4, -0.2) is 37.8 Å². The summed E-state index contributed by atoms with van der Waals surface area (Å²) in [4.78, 5) is 12.6. The lowest BCUT2D eigenvalue weighted by molar-refractivity contribution is -0.126. The Morgan fingerprint density at radius 3 is 2.60 bits per heavy atom. The zero-order valence-corrected chi connectivity index (χ0v) is 15.9. The van der Waals surface area contributed by atoms with Crippen molar-refractivity contribution in [2.24, 2.45) is 5.92 Å². The van der Waals surface area contributed by atoms with Gasteiger partial charge in [0.1, 0.15) is 0 Å². The van der Waals surface area contributed by atoms with E-state index in [1.165, 1.54) is 15.4 Å². The zero-order valence-electron chi connectivity index (χ0n) is 15.1. The van der Waals surface area contributed by atoms with Crippen LogP contribution in [0.1, 0.15) is 50.7 Å². The van der Waals surface area contributed by atoms with Crippen LogP contribution in [0, 0.1) is 5.92 Å². The van der Waals surface area contributed by atoms with Gasteiger partial charge >= 0.3 is 0 Å². The van der Waals surface area contributed by atoms with Crippen molar-refractivity contribution in [1.29, 1.82) is 0 Å². The molecule has 2 aliphatic rings. The van der Waals surface area contributed by atoms with Crippen LogP contribution in [-0.2, 0) is 27.7 Å². The molecule has 25 heavy (non-hydrogen) atoms. The van der Waals surface area contributed by atoms with E-state index in [1.807, 2.05) is 26.0 Å². The van der Waals surface area contributed by atoms with Crippen LogP contribution in [0.4, 0.5) is 0 Å². The largest absolute Gasteiger partial charge is 0.353 e. The minimum Gasteiger partial charge on any atom is -0.353 e. The fourth-order valence-corrected chi connectivity index (χ4v) is 5.20. The summed E-state index contributed by atoms with van der Waals surface area (Å²) < 4.78 is 27.4. The monoisotopic (exact) mass is 364 g/mol. The fraction of sp³-hybridized carbons (Fsp3) is 0.632. The number of hydrogen-bond acceptors (Lipinski definition) is 3. The molecule has 3 rings (SSSR count). The first-order chi connectivity index (χ1) is 11.9. The number of aryl methyl sites for hydroxylation is 2. The second-order valence-corrected chi connectivity index (χ2v) is 9.22. The highest BCUT2D eigenvalue weighted by Crippen LogP contribution is 2.28. The van der Waals surface area contributed by atoms with Crippen molar-refractivity contribution in [2.75, 3.05) is 13.1 Å². The number of nitrogens with zero attached hydrogens (tertiary/aromatic N) is 1. The van der Waals surface area contributed by atoms with E-state index in [-0.39, 0.29) is 17.9 Å². The third-order valence-electron chi connectivity index (χ3n) is 5.53. The highest BCUT2D eigenvalue weighted by atomic mass is 32.2. The number of nitrogens with one attached hydrogen (secondary N) is 1. The molecule has 1 atom stereocenters. The number of carbonyl (C=O) groups is 1. The lowest BCUT2D eigenvalue weighted by Crippen LogP contribution is -2.44. The highest BCUT2D eigenvalue weighted by Gasteiger charge is 2.32. The van der Waals surface area contributed by atoms with Gasteiger partial charge in [-0.1, -0.05) is 13.0 Å². The van der Waals surface area contributed by atoms with Crippen LogP contribution < -0.4 is 5.32 Å². The van der Waals surface area contributed by atoms with Gasteiger partial charge in [-0.05, 0) is 68.7 Å². The second kappa shape index (κ2) is 7.46. The van der Waals surface area contributed by atoms with E-state index < -0.39 is 10.0 Å². The average Bonchev–Trinajstić information content (AvgIpc) is 3.09. The molecule has 1 N–H and O–H groups in total. The van der Waals surface area contributed by atoms with Crippen molar-refractivity contribution in [3.63, 3.8) is 0 Å². The zero-order chi connectivity index (χ0) is 18.0. The second-order valence-electron chi connectivity index (χ2n) is 7.28. The minimum atomic E-state index is -3.46. The number of hydrogen-bond donors (Lipinski definition) is 1. The van der Waals surface area contributed by atoms with Gasteiger partial charge in [0.25, 0.3) is 0 Å². The Hall–Kier alpha value is -1.40. The third kappa shape index (κ3) is 3.90. The van der Waals surface area contributed by atoms with Crippen molar-refractivity contribution >= 4 is 15.9 Å². The van der Waals surface area contributed by atoms with Gasteiger partial charge in [0.2, 0.25) is 15.9 Å². The average molecular weight is 365 g/mol. The van der Waals surface area contributed by atoms with E-state index in [0.717, 1.165) is 25.7 Å². The highest BCUT2D eigenvalue weighted by molar-refractivity contribution is 7.89. The number of amides is 1. The topological polar surface area (TPSA) is 66.5 Å². The predicted molar refractivity (Wildman–Crippen MR) is 97.8 cm³/mol. The number of benzene rings is 1. The summed E-state index contributed by atoms with van der Waals surface area (Å²) in [7, 11) is -3.46. The summed E-state index contributed by atoms with van der Waals surface area (Å²) in [6.07, 6.45) is 5.20. The van der Waals surface area contributed by atoms with Gasteiger partial charge in [-0.3, -0.25) is 4.79 Å². The molecule has 0 bridgehead atoms. The van der Waals surface area contributed by atoms with Crippen LogP contribution in [0.25, 0.3) is 0 Å². The smallest absolute Gasteiger partial charge is 0.243 e. The lowest BCUT2D eigenvalue weighted by Gasteiger charge is -2.31.